The van der Waals surface area contributed by atoms with E-state index in [-0.39, 0.29) is 12.5 Å². The number of nitrogens with one attached hydrogen (secondary N) is 1. The number of carbonyl (C=O) groups excluding carboxylic acids is 2. The van der Waals surface area contributed by atoms with Gasteiger partial charge in [0, 0.05) is 4.47 Å². The number of amides is 1. The lowest BCUT2D eigenvalue weighted by Crippen LogP contribution is -2.18. The van der Waals surface area contributed by atoms with Gasteiger partial charge in [-0.3, -0.25) is 4.79 Å². The van der Waals surface area contributed by atoms with Crippen molar-refractivity contribution in [2.45, 2.75) is 6.92 Å². The molecule has 8 heteroatoms. The summed E-state index contributed by atoms with van der Waals surface area (Å²) in [5, 5.41) is 3.96. The highest BCUT2D eigenvalue weighted by Crippen LogP contribution is 2.28. The van der Waals surface area contributed by atoms with Gasteiger partial charge < -0.3 is 14.2 Å². The third-order valence-corrected chi connectivity index (χ3v) is 4.03. The Morgan fingerprint density at radius 2 is 1.93 bits per heavy atom. The second-order valence-corrected chi connectivity index (χ2v) is 6.04. The number of hydrogen-bond donors (Lipinski definition) is 1. The number of esters is 1. The first kappa shape index (κ1) is 20.4. The molecule has 0 bridgehead atoms. The Kier molecular flexibility index (Phi) is 7.81. The van der Waals surface area contributed by atoms with Crippen LogP contribution in [0.25, 0.3) is 0 Å². The summed E-state index contributed by atoms with van der Waals surface area (Å²) in [5.41, 5.74) is 3.64. The van der Waals surface area contributed by atoms with Crippen molar-refractivity contribution in [1.82, 2.24) is 5.43 Å². The van der Waals surface area contributed by atoms with Crippen LogP contribution >= 0.6 is 15.9 Å². The lowest BCUT2D eigenvalue weighted by atomic mass is 10.2. The molecule has 7 nitrogen and oxygen atoms in total. The number of methoxy groups -OCH3 is 1. The number of nitrogens with zero attached hydrogens (tertiary/aromatic N) is 1. The van der Waals surface area contributed by atoms with Crippen LogP contribution in [0.3, 0.4) is 0 Å². The van der Waals surface area contributed by atoms with Crippen LogP contribution in [-0.2, 0) is 9.53 Å². The number of carbonyl (C=O) groups is 2. The minimum atomic E-state index is -0.488. The van der Waals surface area contributed by atoms with Crippen molar-refractivity contribution in [1.29, 1.82) is 0 Å². The van der Waals surface area contributed by atoms with Crippen LogP contribution in [0.15, 0.2) is 52.0 Å². The van der Waals surface area contributed by atoms with Crippen molar-refractivity contribution in [3.63, 3.8) is 0 Å². The normalized spacial score (nSPS) is 10.5. The lowest BCUT2D eigenvalue weighted by Gasteiger charge is -2.11. The smallest absolute Gasteiger partial charge is 0.343 e. The molecule has 0 spiro atoms. The summed E-state index contributed by atoms with van der Waals surface area (Å²) in [6.07, 6.45) is 1.49. The molecule has 27 heavy (non-hydrogen) atoms. The number of hydrazone groups is 1. The van der Waals surface area contributed by atoms with E-state index in [1.807, 2.05) is 13.0 Å². The summed E-state index contributed by atoms with van der Waals surface area (Å²) in [7, 11) is 1.29. The Hall–Kier alpha value is -2.87. The fourth-order valence-electron chi connectivity index (χ4n) is 2.06. The second-order valence-electron chi connectivity index (χ2n) is 5.18. The van der Waals surface area contributed by atoms with Gasteiger partial charge in [-0.15, -0.1) is 0 Å². The third-order valence-electron chi connectivity index (χ3n) is 3.34. The van der Waals surface area contributed by atoms with E-state index in [1.54, 1.807) is 36.4 Å². The molecule has 0 unspecified atom stereocenters. The van der Waals surface area contributed by atoms with Gasteiger partial charge in [-0.05, 0) is 58.7 Å². The quantitative estimate of drug-likeness (QED) is 0.391. The van der Waals surface area contributed by atoms with E-state index in [9.17, 15) is 9.59 Å². The zero-order chi connectivity index (χ0) is 19.6. The molecule has 0 radical (unpaired) electrons. The summed E-state index contributed by atoms with van der Waals surface area (Å²) >= 11 is 3.32. The standard InChI is InChI=1S/C19H19BrN2O5/c1-3-26-17-10-13(8-9-16(17)27-12-18(23)25-2)11-21-22-19(24)14-6-4-5-7-15(14)20/h4-11H,3,12H2,1-2H3,(H,22,24)/b21-11-. The minimum absolute atomic E-state index is 0.216. The number of benzene rings is 2. The number of halogens is 1. The number of ether oxygens (including phenoxy) is 3. The SMILES string of the molecule is CCOc1cc(/C=N\NC(=O)c2ccccc2Br)ccc1OCC(=O)OC. The monoisotopic (exact) mass is 434 g/mol. The largest absolute Gasteiger partial charge is 0.490 e. The maximum absolute atomic E-state index is 12.1. The highest BCUT2D eigenvalue weighted by molar-refractivity contribution is 9.10. The fourth-order valence-corrected chi connectivity index (χ4v) is 2.52. The zero-order valence-corrected chi connectivity index (χ0v) is 16.5. The van der Waals surface area contributed by atoms with E-state index in [4.69, 9.17) is 9.47 Å². The molecule has 2 aromatic rings. The summed E-state index contributed by atoms with van der Waals surface area (Å²) in [6, 6.07) is 12.1. The van der Waals surface area contributed by atoms with Crippen molar-refractivity contribution in [3.05, 3.63) is 58.1 Å². The van der Waals surface area contributed by atoms with Gasteiger partial charge >= 0.3 is 5.97 Å². The van der Waals surface area contributed by atoms with Crippen LogP contribution in [0.2, 0.25) is 0 Å². The molecule has 1 N–H and O–H groups in total. The van der Waals surface area contributed by atoms with Crippen molar-refractivity contribution < 1.29 is 23.8 Å². The van der Waals surface area contributed by atoms with Crippen molar-refractivity contribution in [2.75, 3.05) is 20.3 Å². The third kappa shape index (κ3) is 6.10. The van der Waals surface area contributed by atoms with E-state index in [0.29, 0.717) is 33.7 Å². The Labute approximate surface area is 165 Å². The van der Waals surface area contributed by atoms with Crippen LogP contribution in [0, 0.1) is 0 Å². The molecule has 0 aliphatic heterocycles. The summed E-state index contributed by atoms with van der Waals surface area (Å²) in [4.78, 5) is 23.3. The summed E-state index contributed by atoms with van der Waals surface area (Å²) < 4.78 is 16.1. The number of rotatable bonds is 8. The summed E-state index contributed by atoms with van der Waals surface area (Å²) in [6.45, 7) is 2.04. The molecule has 0 fully saturated rings. The average molecular weight is 435 g/mol. The van der Waals surface area contributed by atoms with E-state index < -0.39 is 5.97 Å². The fraction of sp³-hybridized carbons (Fsp3) is 0.211. The van der Waals surface area contributed by atoms with Crippen LogP contribution in [0.5, 0.6) is 11.5 Å². The Morgan fingerprint density at radius 3 is 2.63 bits per heavy atom. The topological polar surface area (TPSA) is 86.2 Å². The predicted molar refractivity (Wildman–Crippen MR) is 104 cm³/mol. The molecule has 0 aliphatic rings. The van der Waals surface area contributed by atoms with Gasteiger partial charge in [-0.1, -0.05) is 12.1 Å². The van der Waals surface area contributed by atoms with Gasteiger partial charge in [0.2, 0.25) is 0 Å². The minimum Gasteiger partial charge on any atom is -0.490 e. The molecule has 0 aliphatic carbocycles. The molecule has 1 amide bonds. The molecule has 0 saturated carbocycles. The Morgan fingerprint density at radius 1 is 1.15 bits per heavy atom. The van der Waals surface area contributed by atoms with Gasteiger partial charge in [0.15, 0.2) is 18.1 Å². The molecule has 0 atom stereocenters. The first-order valence-electron chi connectivity index (χ1n) is 8.09. The van der Waals surface area contributed by atoms with E-state index in [2.05, 4.69) is 31.2 Å². The molecule has 0 aromatic heterocycles. The Bertz CT molecular complexity index is 839. The maximum atomic E-state index is 12.1. The number of hydrogen-bond acceptors (Lipinski definition) is 6. The second kappa shape index (κ2) is 10.3. The molecule has 2 aromatic carbocycles. The first-order chi connectivity index (χ1) is 13.0. The van der Waals surface area contributed by atoms with E-state index in [0.717, 1.165) is 0 Å². The van der Waals surface area contributed by atoms with Crippen LogP contribution < -0.4 is 14.9 Å². The van der Waals surface area contributed by atoms with Crippen molar-refractivity contribution >= 4 is 34.0 Å². The van der Waals surface area contributed by atoms with Gasteiger partial charge in [0.05, 0.1) is 25.5 Å². The van der Waals surface area contributed by atoms with Crippen molar-refractivity contribution in [2.24, 2.45) is 5.10 Å². The molecule has 142 valence electrons. The van der Waals surface area contributed by atoms with Crippen molar-refractivity contribution in [3.8, 4) is 11.5 Å². The van der Waals surface area contributed by atoms with Gasteiger partial charge in [0.25, 0.3) is 5.91 Å². The molecule has 0 heterocycles. The molecular weight excluding hydrogens is 416 g/mol. The van der Waals surface area contributed by atoms with Crippen LogP contribution in [0.1, 0.15) is 22.8 Å². The van der Waals surface area contributed by atoms with Crippen LogP contribution in [-0.4, -0.2) is 38.4 Å². The van der Waals surface area contributed by atoms with Gasteiger partial charge in [-0.2, -0.15) is 5.10 Å². The highest BCUT2D eigenvalue weighted by atomic mass is 79.9. The predicted octanol–water partition coefficient (Wildman–Crippen LogP) is 3.16. The van der Waals surface area contributed by atoms with Crippen LogP contribution in [0.4, 0.5) is 0 Å². The molecule has 0 saturated heterocycles. The van der Waals surface area contributed by atoms with Gasteiger partial charge in [-0.25, -0.2) is 10.2 Å². The first-order valence-corrected chi connectivity index (χ1v) is 8.88. The summed E-state index contributed by atoms with van der Waals surface area (Å²) in [5.74, 6) is 0.0544. The molecule has 2 rings (SSSR count). The maximum Gasteiger partial charge on any atom is 0.343 e. The zero-order valence-electron chi connectivity index (χ0n) is 14.9. The van der Waals surface area contributed by atoms with E-state index in [1.165, 1.54) is 13.3 Å². The average Bonchev–Trinajstić information content (AvgIpc) is 2.67. The highest BCUT2D eigenvalue weighted by Gasteiger charge is 2.10. The van der Waals surface area contributed by atoms with E-state index >= 15 is 0 Å². The lowest BCUT2D eigenvalue weighted by molar-refractivity contribution is -0.142. The van der Waals surface area contributed by atoms with Gasteiger partial charge in [0.1, 0.15) is 0 Å². The Balaban J connectivity index is 2.06. The molecular formula is C19H19BrN2O5.